The predicted octanol–water partition coefficient (Wildman–Crippen LogP) is 1.78. The molecule has 1 saturated heterocycles. The first-order chi connectivity index (χ1) is 9.63. The second-order valence-corrected chi connectivity index (χ2v) is 5.52. The Morgan fingerprint density at radius 1 is 1.45 bits per heavy atom. The highest BCUT2D eigenvalue weighted by Gasteiger charge is 2.17. The van der Waals surface area contributed by atoms with Gasteiger partial charge in [0.1, 0.15) is 5.75 Å². The van der Waals surface area contributed by atoms with Gasteiger partial charge in [-0.15, -0.1) is 0 Å². The number of carboxylic acid groups (broad SMARTS) is 1. The highest BCUT2D eigenvalue weighted by Crippen LogP contribution is 2.19. The molecule has 0 aromatic heterocycles. The van der Waals surface area contributed by atoms with E-state index < -0.39 is 12.6 Å². The molecule has 2 amide bonds. The summed E-state index contributed by atoms with van der Waals surface area (Å²) >= 11 is 1.82. The molecule has 3 N–H and O–H groups in total. The molecule has 0 saturated carbocycles. The van der Waals surface area contributed by atoms with Gasteiger partial charge in [-0.2, -0.15) is 11.8 Å². The van der Waals surface area contributed by atoms with Gasteiger partial charge < -0.3 is 20.5 Å². The number of rotatable bonds is 5. The van der Waals surface area contributed by atoms with E-state index in [-0.39, 0.29) is 12.1 Å². The molecule has 1 fully saturated rings. The summed E-state index contributed by atoms with van der Waals surface area (Å²) in [5.41, 5.74) is 0.566. The number of hydrogen-bond donors (Lipinski definition) is 3. The molecule has 0 aliphatic carbocycles. The van der Waals surface area contributed by atoms with Crippen molar-refractivity contribution in [1.82, 2.24) is 5.32 Å². The van der Waals surface area contributed by atoms with Gasteiger partial charge in [0.15, 0.2) is 6.61 Å². The van der Waals surface area contributed by atoms with Crippen molar-refractivity contribution in [2.75, 3.05) is 23.4 Å². The van der Waals surface area contributed by atoms with E-state index in [1.165, 1.54) is 0 Å². The maximum absolute atomic E-state index is 11.8. The van der Waals surface area contributed by atoms with Crippen molar-refractivity contribution in [3.63, 3.8) is 0 Å². The fraction of sp³-hybridized carbons (Fsp3) is 0.385. The van der Waals surface area contributed by atoms with Crippen LogP contribution in [0.4, 0.5) is 10.5 Å². The second kappa shape index (κ2) is 7.04. The Hall–Kier alpha value is -1.89. The molecule has 108 valence electrons. The van der Waals surface area contributed by atoms with Gasteiger partial charge in [-0.3, -0.25) is 0 Å². The Kier molecular flexibility index (Phi) is 5.11. The van der Waals surface area contributed by atoms with Gasteiger partial charge in [0.05, 0.1) is 0 Å². The third-order valence-corrected chi connectivity index (χ3v) is 3.88. The number of nitrogens with one attached hydrogen (secondary N) is 2. The van der Waals surface area contributed by atoms with Gasteiger partial charge in [-0.1, -0.05) is 6.07 Å². The third kappa shape index (κ3) is 4.65. The Morgan fingerprint density at radius 3 is 3.00 bits per heavy atom. The summed E-state index contributed by atoms with van der Waals surface area (Å²) in [6.07, 6.45) is 0.986. The quantitative estimate of drug-likeness (QED) is 0.771. The molecule has 1 aromatic rings. The summed E-state index contributed by atoms with van der Waals surface area (Å²) in [5, 5.41) is 14.1. The lowest BCUT2D eigenvalue weighted by Gasteiger charge is -2.13. The van der Waals surface area contributed by atoms with Crippen LogP contribution in [0, 0.1) is 0 Å². The molecule has 1 heterocycles. The zero-order valence-corrected chi connectivity index (χ0v) is 11.6. The minimum Gasteiger partial charge on any atom is -0.482 e. The number of carboxylic acids is 1. The van der Waals surface area contributed by atoms with Crippen LogP contribution in [0.2, 0.25) is 0 Å². The highest BCUT2D eigenvalue weighted by molar-refractivity contribution is 7.99. The summed E-state index contributed by atoms with van der Waals surface area (Å²) in [6.45, 7) is -0.408. The average molecular weight is 296 g/mol. The number of carbonyl (C=O) groups is 2. The number of hydrogen-bond acceptors (Lipinski definition) is 4. The van der Waals surface area contributed by atoms with Crippen LogP contribution >= 0.6 is 11.8 Å². The van der Waals surface area contributed by atoms with Crippen molar-refractivity contribution < 1.29 is 19.4 Å². The zero-order valence-electron chi connectivity index (χ0n) is 10.8. The molecular formula is C13H16N2O4S. The van der Waals surface area contributed by atoms with Crippen molar-refractivity contribution >= 4 is 29.4 Å². The van der Waals surface area contributed by atoms with Gasteiger partial charge in [0.25, 0.3) is 0 Å². The lowest BCUT2D eigenvalue weighted by Crippen LogP contribution is -2.37. The van der Waals surface area contributed by atoms with Crippen LogP contribution in [0.25, 0.3) is 0 Å². The molecule has 1 atom stereocenters. The number of aliphatic carboxylic acids is 1. The molecule has 1 aromatic carbocycles. The molecule has 1 aliphatic rings. The van der Waals surface area contributed by atoms with E-state index >= 15 is 0 Å². The molecule has 1 aliphatic heterocycles. The van der Waals surface area contributed by atoms with Crippen molar-refractivity contribution in [1.29, 1.82) is 0 Å². The number of carbonyl (C=O) groups excluding carboxylic acids is 1. The molecular weight excluding hydrogens is 280 g/mol. The zero-order chi connectivity index (χ0) is 14.4. The van der Waals surface area contributed by atoms with Crippen LogP contribution in [-0.4, -0.2) is 41.3 Å². The van der Waals surface area contributed by atoms with Gasteiger partial charge in [0.2, 0.25) is 0 Å². The molecule has 0 radical (unpaired) electrons. The number of urea groups is 1. The Labute approximate surface area is 120 Å². The van der Waals surface area contributed by atoms with Crippen LogP contribution in [0.5, 0.6) is 5.75 Å². The van der Waals surface area contributed by atoms with E-state index in [2.05, 4.69) is 10.6 Å². The van der Waals surface area contributed by atoms with Crippen LogP contribution < -0.4 is 15.4 Å². The molecule has 6 nitrogen and oxygen atoms in total. The Balaban J connectivity index is 1.86. The summed E-state index contributed by atoms with van der Waals surface area (Å²) < 4.78 is 5.05. The lowest BCUT2D eigenvalue weighted by molar-refractivity contribution is -0.139. The topological polar surface area (TPSA) is 87.7 Å². The SMILES string of the molecule is O=C(O)COc1cccc(NC(=O)NC2CCSC2)c1. The van der Waals surface area contributed by atoms with Crippen molar-refractivity contribution in [3.8, 4) is 5.75 Å². The smallest absolute Gasteiger partial charge is 0.341 e. The molecule has 20 heavy (non-hydrogen) atoms. The molecule has 0 spiro atoms. The number of amides is 2. The lowest BCUT2D eigenvalue weighted by atomic mass is 10.2. The predicted molar refractivity (Wildman–Crippen MR) is 77.5 cm³/mol. The van der Waals surface area contributed by atoms with Gasteiger partial charge in [0, 0.05) is 23.5 Å². The first-order valence-corrected chi connectivity index (χ1v) is 7.39. The van der Waals surface area contributed by atoms with Crippen molar-refractivity contribution in [3.05, 3.63) is 24.3 Å². The average Bonchev–Trinajstić information content (AvgIpc) is 2.89. The summed E-state index contributed by atoms with van der Waals surface area (Å²) in [7, 11) is 0. The number of ether oxygens (including phenoxy) is 1. The second-order valence-electron chi connectivity index (χ2n) is 4.37. The fourth-order valence-electron chi connectivity index (χ4n) is 1.81. The monoisotopic (exact) mass is 296 g/mol. The van der Waals surface area contributed by atoms with Crippen LogP contribution in [0.3, 0.4) is 0 Å². The van der Waals surface area contributed by atoms with Crippen LogP contribution in [0.1, 0.15) is 6.42 Å². The van der Waals surface area contributed by atoms with Gasteiger partial charge >= 0.3 is 12.0 Å². The van der Waals surface area contributed by atoms with E-state index in [9.17, 15) is 9.59 Å². The maximum Gasteiger partial charge on any atom is 0.341 e. The van der Waals surface area contributed by atoms with Gasteiger partial charge in [-0.25, -0.2) is 9.59 Å². The molecule has 7 heteroatoms. The normalized spacial score (nSPS) is 17.5. The van der Waals surface area contributed by atoms with Crippen molar-refractivity contribution in [2.24, 2.45) is 0 Å². The summed E-state index contributed by atoms with van der Waals surface area (Å²) in [5.74, 6) is 1.38. The summed E-state index contributed by atoms with van der Waals surface area (Å²) in [6, 6.07) is 6.60. The molecule has 0 bridgehead atoms. The maximum atomic E-state index is 11.8. The largest absolute Gasteiger partial charge is 0.482 e. The Bertz CT molecular complexity index is 489. The molecule has 1 unspecified atom stereocenters. The highest BCUT2D eigenvalue weighted by atomic mass is 32.2. The van der Waals surface area contributed by atoms with Crippen LogP contribution in [0.15, 0.2) is 24.3 Å². The van der Waals surface area contributed by atoms with Gasteiger partial charge in [-0.05, 0) is 24.3 Å². The minimum atomic E-state index is -1.04. The number of thioether (sulfide) groups is 1. The fourth-order valence-corrected chi connectivity index (χ4v) is 2.96. The first kappa shape index (κ1) is 14.5. The van der Waals surface area contributed by atoms with E-state index in [0.717, 1.165) is 17.9 Å². The number of benzene rings is 1. The first-order valence-electron chi connectivity index (χ1n) is 6.23. The standard InChI is InChI=1S/C13H16N2O4S/c16-12(17)7-19-11-3-1-2-9(6-11)14-13(18)15-10-4-5-20-8-10/h1-3,6,10H,4-5,7-8H2,(H,16,17)(H2,14,15,18). The van der Waals surface area contributed by atoms with E-state index in [0.29, 0.717) is 11.4 Å². The van der Waals surface area contributed by atoms with E-state index in [1.807, 2.05) is 11.8 Å². The molecule has 2 rings (SSSR count). The van der Waals surface area contributed by atoms with Crippen molar-refractivity contribution in [2.45, 2.75) is 12.5 Å². The summed E-state index contributed by atoms with van der Waals surface area (Å²) in [4.78, 5) is 22.2. The third-order valence-electron chi connectivity index (χ3n) is 2.72. The number of anilines is 1. The van der Waals surface area contributed by atoms with E-state index in [1.54, 1.807) is 24.3 Å². The minimum absolute atomic E-state index is 0.214. The Morgan fingerprint density at radius 2 is 2.30 bits per heavy atom. The van der Waals surface area contributed by atoms with Crippen LogP contribution in [-0.2, 0) is 4.79 Å². The van der Waals surface area contributed by atoms with E-state index in [4.69, 9.17) is 9.84 Å².